The van der Waals surface area contributed by atoms with Gasteiger partial charge in [-0.3, -0.25) is 0 Å². The van der Waals surface area contributed by atoms with Gasteiger partial charge in [-0.05, 0) is 54.2 Å². The van der Waals surface area contributed by atoms with Crippen molar-refractivity contribution in [1.82, 2.24) is 9.97 Å². The Morgan fingerprint density at radius 1 is 0.676 bits per heavy atom. The minimum Gasteiger partial charge on any atom is -0.236 e. The van der Waals surface area contributed by atoms with Crippen molar-refractivity contribution in [3.8, 4) is 22.5 Å². The lowest BCUT2D eigenvalue weighted by Crippen LogP contribution is -2.01. The lowest BCUT2D eigenvalue weighted by Gasteiger charge is -2.09. The molecule has 37 heavy (non-hydrogen) atoms. The summed E-state index contributed by atoms with van der Waals surface area (Å²) in [5.41, 5.74) is 2.30. The van der Waals surface area contributed by atoms with Crippen LogP contribution in [0.1, 0.15) is 35.6 Å². The first-order valence-corrected chi connectivity index (χ1v) is 11.7. The molecular formula is C29H22F6N2. The Bertz CT molecular complexity index is 1400. The van der Waals surface area contributed by atoms with Crippen molar-refractivity contribution in [3.05, 3.63) is 113 Å². The van der Waals surface area contributed by atoms with Crippen molar-refractivity contribution in [2.75, 3.05) is 0 Å². The summed E-state index contributed by atoms with van der Waals surface area (Å²) in [5, 5.41) is 0. The van der Waals surface area contributed by atoms with Gasteiger partial charge < -0.3 is 0 Å². The van der Waals surface area contributed by atoms with E-state index in [-0.39, 0.29) is 29.8 Å². The molecule has 8 heteroatoms. The van der Waals surface area contributed by atoms with Crippen molar-refractivity contribution in [1.29, 1.82) is 0 Å². The second-order valence-electron chi connectivity index (χ2n) is 8.54. The lowest BCUT2D eigenvalue weighted by atomic mass is 9.99. The Kier molecular flexibility index (Phi) is 8.06. The Hall–Kier alpha value is -3.94. The van der Waals surface area contributed by atoms with Crippen LogP contribution in [0.4, 0.5) is 26.3 Å². The first-order chi connectivity index (χ1) is 17.8. The number of nitrogens with zero attached hydrogens (tertiary/aromatic N) is 2. The summed E-state index contributed by atoms with van der Waals surface area (Å²) in [4.78, 5) is 8.51. The van der Waals surface area contributed by atoms with E-state index in [2.05, 4.69) is 9.97 Å². The molecule has 4 rings (SSSR count). The largest absolute Gasteiger partial charge is 0.306 e. The summed E-state index contributed by atoms with van der Waals surface area (Å²) in [6, 6.07) is 12.6. The van der Waals surface area contributed by atoms with Crippen LogP contribution in [0.15, 0.2) is 73.1 Å². The molecule has 0 bridgehead atoms. The summed E-state index contributed by atoms with van der Waals surface area (Å²) < 4.78 is 81.3. The number of aryl methyl sites for hydroxylation is 2. The monoisotopic (exact) mass is 512 g/mol. The van der Waals surface area contributed by atoms with Crippen molar-refractivity contribution < 1.29 is 26.3 Å². The molecule has 2 nitrogen and oxygen atoms in total. The average Bonchev–Trinajstić information content (AvgIpc) is 2.89. The summed E-state index contributed by atoms with van der Waals surface area (Å²) >= 11 is 0. The first kappa shape index (κ1) is 26.1. The highest BCUT2D eigenvalue weighted by Gasteiger charge is 2.13. The highest BCUT2D eigenvalue weighted by atomic mass is 19.3. The van der Waals surface area contributed by atoms with E-state index in [9.17, 15) is 26.3 Å². The van der Waals surface area contributed by atoms with Gasteiger partial charge in [0.05, 0.1) is 0 Å². The van der Waals surface area contributed by atoms with Crippen LogP contribution in [-0.2, 0) is 19.3 Å². The third-order valence-electron chi connectivity index (χ3n) is 5.98. The van der Waals surface area contributed by atoms with E-state index in [1.54, 1.807) is 12.1 Å². The molecule has 0 amide bonds. The van der Waals surface area contributed by atoms with Crippen LogP contribution in [0.5, 0.6) is 0 Å². The van der Waals surface area contributed by atoms with Crippen LogP contribution in [0.25, 0.3) is 28.3 Å². The number of rotatable bonds is 8. The maximum Gasteiger partial charge on any atom is 0.306 e. The van der Waals surface area contributed by atoms with Gasteiger partial charge in [0, 0.05) is 34.6 Å². The summed E-state index contributed by atoms with van der Waals surface area (Å²) in [5.74, 6) is -2.95. The lowest BCUT2D eigenvalue weighted by molar-refractivity contribution is 0.410. The minimum absolute atomic E-state index is 0.0723. The molecule has 0 aliphatic rings. The Morgan fingerprint density at radius 2 is 1.30 bits per heavy atom. The van der Waals surface area contributed by atoms with Gasteiger partial charge in [0.15, 0.2) is 11.7 Å². The quantitative estimate of drug-likeness (QED) is 0.221. The van der Waals surface area contributed by atoms with Crippen molar-refractivity contribution >= 4 is 5.83 Å². The van der Waals surface area contributed by atoms with Crippen molar-refractivity contribution in [2.24, 2.45) is 0 Å². The molecule has 0 saturated carbocycles. The third kappa shape index (κ3) is 6.07. The number of halogens is 6. The molecule has 0 fully saturated rings. The van der Waals surface area contributed by atoms with Gasteiger partial charge in [-0.1, -0.05) is 49.7 Å². The van der Waals surface area contributed by atoms with E-state index in [4.69, 9.17) is 0 Å². The van der Waals surface area contributed by atoms with Crippen LogP contribution in [0.2, 0.25) is 0 Å². The zero-order valence-corrected chi connectivity index (χ0v) is 19.8. The highest BCUT2D eigenvalue weighted by Crippen LogP contribution is 2.27. The molecule has 3 aromatic carbocycles. The van der Waals surface area contributed by atoms with Gasteiger partial charge >= 0.3 is 6.08 Å². The maximum atomic E-state index is 14.8. The van der Waals surface area contributed by atoms with E-state index in [0.29, 0.717) is 40.7 Å². The smallest absolute Gasteiger partial charge is 0.236 e. The predicted octanol–water partition coefficient (Wildman–Crippen LogP) is 8.50. The van der Waals surface area contributed by atoms with Crippen LogP contribution in [0.3, 0.4) is 0 Å². The van der Waals surface area contributed by atoms with Gasteiger partial charge in [0.1, 0.15) is 17.5 Å². The van der Waals surface area contributed by atoms with E-state index in [1.165, 1.54) is 54.9 Å². The molecule has 0 unspecified atom stereocenters. The average molecular weight is 512 g/mol. The van der Waals surface area contributed by atoms with Gasteiger partial charge in [-0.15, -0.1) is 0 Å². The molecule has 0 aliphatic heterocycles. The molecule has 0 atom stereocenters. The Balaban J connectivity index is 1.45. The summed E-state index contributed by atoms with van der Waals surface area (Å²) in [7, 11) is 0. The van der Waals surface area contributed by atoms with Crippen LogP contribution in [0, 0.1) is 17.5 Å². The topological polar surface area (TPSA) is 25.8 Å². The summed E-state index contributed by atoms with van der Waals surface area (Å²) in [6.07, 6.45) is 2.10. The number of aromatic nitrogens is 2. The zero-order chi connectivity index (χ0) is 26.5. The molecule has 0 saturated heterocycles. The predicted molar refractivity (Wildman–Crippen MR) is 131 cm³/mol. The van der Waals surface area contributed by atoms with Crippen LogP contribution in [-0.4, -0.2) is 9.97 Å². The molecule has 0 radical (unpaired) electrons. The number of hydrogen-bond donors (Lipinski definition) is 0. The summed E-state index contributed by atoms with van der Waals surface area (Å²) in [6.45, 7) is 1.85. The SMILES string of the molecule is CCCc1c(F)cc(CCc2ccc(-c3ncc(-c4ccc(C(F)=C(F)F)cc4)cn3)cc2F)cc1F. The van der Waals surface area contributed by atoms with Crippen LogP contribution >= 0.6 is 0 Å². The van der Waals surface area contributed by atoms with Gasteiger partial charge in [-0.25, -0.2) is 27.5 Å². The molecule has 1 heterocycles. The zero-order valence-electron chi connectivity index (χ0n) is 19.8. The normalized spacial score (nSPS) is 11.0. The van der Waals surface area contributed by atoms with Gasteiger partial charge in [-0.2, -0.15) is 8.78 Å². The van der Waals surface area contributed by atoms with Crippen LogP contribution < -0.4 is 0 Å². The molecule has 0 spiro atoms. The first-order valence-electron chi connectivity index (χ1n) is 11.7. The minimum atomic E-state index is -2.39. The third-order valence-corrected chi connectivity index (χ3v) is 5.98. The Morgan fingerprint density at radius 3 is 1.86 bits per heavy atom. The molecule has 4 aromatic rings. The van der Waals surface area contributed by atoms with Crippen molar-refractivity contribution in [3.63, 3.8) is 0 Å². The molecule has 1 aromatic heterocycles. The van der Waals surface area contributed by atoms with E-state index in [0.717, 1.165) is 0 Å². The molecule has 0 N–H and O–H groups in total. The van der Waals surface area contributed by atoms with E-state index < -0.39 is 29.4 Å². The Labute approximate surface area is 210 Å². The van der Waals surface area contributed by atoms with Gasteiger partial charge in [0.2, 0.25) is 0 Å². The molecule has 190 valence electrons. The van der Waals surface area contributed by atoms with Crippen molar-refractivity contribution in [2.45, 2.75) is 32.6 Å². The fraction of sp³-hybridized carbons (Fsp3) is 0.172. The standard InChI is InChI=1S/C29H22F6N2/c1-2-3-23-25(31)12-17(13-26(23)32)4-5-19-8-11-21(14-24(19)30)29-36-15-22(16-37-29)18-6-9-20(10-7-18)27(33)28(34)35/h6-16H,2-5H2,1H3. The molecular weight excluding hydrogens is 490 g/mol. The van der Waals surface area contributed by atoms with E-state index >= 15 is 0 Å². The van der Waals surface area contributed by atoms with E-state index in [1.807, 2.05) is 6.92 Å². The molecule has 0 aliphatic carbocycles. The highest BCUT2D eigenvalue weighted by molar-refractivity contribution is 5.68. The maximum absolute atomic E-state index is 14.8. The second-order valence-corrected chi connectivity index (χ2v) is 8.54. The fourth-order valence-corrected chi connectivity index (χ4v) is 4.00. The van der Waals surface area contributed by atoms with Gasteiger partial charge in [0.25, 0.3) is 0 Å². The second kappa shape index (κ2) is 11.4. The number of hydrogen-bond acceptors (Lipinski definition) is 2. The fourth-order valence-electron chi connectivity index (χ4n) is 4.00. The number of benzene rings is 3.